The number of nitrogens with zero attached hydrogens (tertiary/aromatic N) is 2. The van der Waals surface area contributed by atoms with Crippen molar-refractivity contribution in [3.05, 3.63) is 48.2 Å². The minimum atomic E-state index is -0.460. The van der Waals surface area contributed by atoms with Crippen molar-refractivity contribution in [3.63, 3.8) is 0 Å². The Bertz CT molecular complexity index is 980. The number of thioether (sulfide) groups is 1. The fourth-order valence-corrected chi connectivity index (χ4v) is 4.87. The van der Waals surface area contributed by atoms with Crippen molar-refractivity contribution in [2.24, 2.45) is 5.92 Å². The number of carbonyl (C=O) groups excluding carboxylic acids is 3. The molecule has 2 aliphatic heterocycles. The number of benzene rings is 1. The van der Waals surface area contributed by atoms with Gasteiger partial charge in [0.15, 0.2) is 0 Å². The van der Waals surface area contributed by atoms with Gasteiger partial charge >= 0.3 is 0 Å². The van der Waals surface area contributed by atoms with Crippen molar-refractivity contribution in [3.8, 4) is 0 Å². The fourth-order valence-electron chi connectivity index (χ4n) is 3.77. The van der Waals surface area contributed by atoms with E-state index in [0.29, 0.717) is 18.9 Å². The van der Waals surface area contributed by atoms with Crippen LogP contribution in [0.2, 0.25) is 0 Å². The molecule has 0 spiro atoms. The molecule has 0 radical (unpaired) electrons. The lowest BCUT2D eigenvalue weighted by Crippen LogP contribution is -2.45. The van der Waals surface area contributed by atoms with Crippen LogP contribution in [0.5, 0.6) is 0 Å². The molecular weight excluding hydrogens is 400 g/mol. The van der Waals surface area contributed by atoms with Crippen LogP contribution in [0, 0.1) is 12.8 Å². The molecule has 1 fully saturated rings. The first kappa shape index (κ1) is 20.4. The Labute approximate surface area is 179 Å². The topological polar surface area (TPSA) is 91.4 Å². The van der Waals surface area contributed by atoms with E-state index in [-0.39, 0.29) is 30.1 Å². The van der Waals surface area contributed by atoms with Gasteiger partial charge in [0.05, 0.1) is 16.9 Å². The SMILES string of the molecule is Cc1cccnc1NC(=O)[C@@H]1CCCN(C(=O)C[C@@H]2Sc3ccccc3NC2=O)C1. The van der Waals surface area contributed by atoms with Crippen LogP contribution in [-0.4, -0.2) is 45.9 Å². The predicted octanol–water partition coefficient (Wildman–Crippen LogP) is 3.07. The van der Waals surface area contributed by atoms with Crippen LogP contribution >= 0.6 is 11.8 Å². The molecule has 1 aromatic carbocycles. The number of hydrogen-bond acceptors (Lipinski definition) is 5. The minimum Gasteiger partial charge on any atom is -0.342 e. The van der Waals surface area contributed by atoms with Crippen LogP contribution in [-0.2, 0) is 14.4 Å². The molecule has 3 heterocycles. The Balaban J connectivity index is 1.36. The molecule has 2 aliphatic rings. The van der Waals surface area contributed by atoms with Crippen molar-refractivity contribution >= 4 is 41.0 Å². The number of aryl methyl sites for hydroxylation is 1. The Kier molecular flexibility index (Phi) is 6.03. The van der Waals surface area contributed by atoms with Crippen molar-refractivity contribution in [1.82, 2.24) is 9.88 Å². The average molecular weight is 425 g/mol. The molecule has 7 nitrogen and oxygen atoms in total. The predicted molar refractivity (Wildman–Crippen MR) is 116 cm³/mol. The molecule has 0 aliphatic carbocycles. The lowest BCUT2D eigenvalue weighted by atomic mass is 9.96. The highest BCUT2D eigenvalue weighted by Crippen LogP contribution is 2.37. The van der Waals surface area contributed by atoms with Gasteiger partial charge in [0.25, 0.3) is 0 Å². The summed E-state index contributed by atoms with van der Waals surface area (Å²) in [6.07, 6.45) is 3.26. The number of rotatable bonds is 4. The number of hydrogen-bond donors (Lipinski definition) is 2. The molecule has 30 heavy (non-hydrogen) atoms. The third-order valence-corrected chi connectivity index (χ3v) is 6.74. The second kappa shape index (κ2) is 8.87. The Morgan fingerprint density at radius 3 is 2.93 bits per heavy atom. The number of anilines is 2. The molecule has 0 unspecified atom stereocenters. The first-order valence-electron chi connectivity index (χ1n) is 10.1. The monoisotopic (exact) mass is 424 g/mol. The van der Waals surface area contributed by atoms with E-state index in [9.17, 15) is 14.4 Å². The van der Waals surface area contributed by atoms with Crippen LogP contribution in [0.1, 0.15) is 24.8 Å². The second-order valence-electron chi connectivity index (χ2n) is 7.63. The molecule has 0 saturated carbocycles. The summed E-state index contributed by atoms with van der Waals surface area (Å²) in [5.74, 6) is -0.0805. The zero-order valence-corrected chi connectivity index (χ0v) is 17.6. The summed E-state index contributed by atoms with van der Waals surface area (Å²) < 4.78 is 0. The molecule has 2 atom stereocenters. The Hall–Kier alpha value is -2.87. The van der Waals surface area contributed by atoms with Crippen LogP contribution < -0.4 is 10.6 Å². The number of pyridine rings is 1. The van der Waals surface area contributed by atoms with E-state index in [0.717, 1.165) is 29.0 Å². The largest absolute Gasteiger partial charge is 0.342 e. The van der Waals surface area contributed by atoms with Crippen molar-refractivity contribution in [2.45, 2.75) is 36.3 Å². The number of nitrogens with one attached hydrogen (secondary N) is 2. The smallest absolute Gasteiger partial charge is 0.238 e. The average Bonchev–Trinajstić information content (AvgIpc) is 2.76. The number of likely N-dealkylation sites (tertiary alicyclic amines) is 1. The molecule has 1 saturated heterocycles. The highest BCUT2D eigenvalue weighted by atomic mass is 32.2. The standard InChI is InChI=1S/C22H24N4O3S/c1-14-6-4-10-23-20(14)25-21(28)15-7-5-11-26(13-15)19(27)12-18-22(29)24-16-8-2-3-9-17(16)30-18/h2-4,6,8-10,15,18H,5,7,11-13H2,1H3,(H,24,29)(H,23,25,28)/t15-,18+/m1/s1. The summed E-state index contributed by atoms with van der Waals surface area (Å²) >= 11 is 1.42. The third-order valence-electron chi connectivity index (χ3n) is 5.46. The van der Waals surface area contributed by atoms with E-state index in [1.807, 2.05) is 43.3 Å². The third kappa shape index (κ3) is 4.48. The molecule has 8 heteroatoms. The number of para-hydroxylation sites is 1. The summed E-state index contributed by atoms with van der Waals surface area (Å²) in [7, 11) is 0. The van der Waals surface area contributed by atoms with Gasteiger partial charge in [-0.05, 0) is 43.5 Å². The van der Waals surface area contributed by atoms with E-state index in [2.05, 4.69) is 15.6 Å². The summed E-state index contributed by atoms with van der Waals surface area (Å²) in [6.45, 7) is 2.87. The highest BCUT2D eigenvalue weighted by Gasteiger charge is 2.33. The number of fused-ring (bicyclic) bond motifs is 1. The maximum atomic E-state index is 12.9. The molecule has 156 valence electrons. The van der Waals surface area contributed by atoms with Gasteiger partial charge in [0, 0.05) is 30.6 Å². The number of piperidine rings is 1. The molecular formula is C22H24N4O3S. The van der Waals surface area contributed by atoms with E-state index in [1.54, 1.807) is 11.1 Å². The van der Waals surface area contributed by atoms with Gasteiger partial charge < -0.3 is 15.5 Å². The number of amides is 3. The summed E-state index contributed by atoms with van der Waals surface area (Å²) in [5, 5.41) is 5.30. The zero-order valence-electron chi connectivity index (χ0n) is 16.8. The first-order chi connectivity index (χ1) is 14.5. The van der Waals surface area contributed by atoms with Crippen molar-refractivity contribution in [1.29, 1.82) is 0 Å². The van der Waals surface area contributed by atoms with E-state index < -0.39 is 5.25 Å². The second-order valence-corrected chi connectivity index (χ2v) is 8.88. The minimum absolute atomic E-state index is 0.0893. The van der Waals surface area contributed by atoms with Crippen LogP contribution in [0.15, 0.2) is 47.5 Å². The first-order valence-corrected chi connectivity index (χ1v) is 11.0. The van der Waals surface area contributed by atoms with Gasteiger partial charge in [0.1, 0.15) is 5.82 Å². The number of aromatic nitrogens is 1. The summed E-state index contributed by atoms with van der Waals surface area (Å²) in [6, 6.07) is 11.3. The quantitative estimate of drug-likeness (QED) is 0.787. The highest BCUT2D eigenvalue weighted by molar-refractivity contribution is 8.01. The molecule has 2 aromatic rings. The Morgan fingerprint density at radius 1 is 1.27 bits per heavy atom. The van der Waals surface area contributed by atoms with Gasteiger partial charge in [0.2, 0.25) is 17.7 Å². The summed E-state index contributed by atoms with van der Waals surface area (Å²) in [4.78, 5) is 44.9. The van der Waals surface area contributed by atoms with Crippen molar-refractivity contribution in [2.75, 3.05) is 23.7 Å². The van der Waals surface area contributed by atoms with Crippen molar-refractivity contribution < 1.29 is 14.4 Å². The zero-order chi connectivity index (χ0) is 21.1. The van der Waals surface area contributed by atoms with Gasteiger partial charge in [-0.3, -0.25) is 14.4 Å². The van der Waals surface area contributed by atoms with Crippen LogP contribution in [0.25, 0.3) is 0 Å². The molecule has 4 rings (SSSR count). The van der Waals surface area contributed by atoms with Gasteiger partial charge in [-0.1, -0.05) is 18.2 Å². The van der Waals surface area contributed by atoms with Gasteiger partial charge in [-0.25, -0.2) is 4.98 Å². The van der Waals surface area contributed by atoms with Crippen LogP contribution in [0.3, 0.4) is 0 Å². The maximum absolute atomic E-state index is 12.9. The van der Waals surface area contributed by atoms with Gasteiger partial charge in [-0.2, -0.15) is 0 Å². The van der Waals surface area contributed by atoms with Crippen LogP contribution in [0.4, 0.5) is 11.5 Å². The fraction of sp³-hybridized carbons (Fsp3) is 0.364. The van der Waals surface area contributed by atoms with E-state index >= 15 is 0 Å². The summed E-state index contributed by atoms with van der Waals surface area (Å²) in [5.41, 5.74) is 1.69. The van der Waals surface area contributed by atoms with E-state index in [1.165, 1.54) is 11.8 Å². The number of carbonyl (C=O) groups is 3. The van der Waals surface area contributed by atoms with E-state index in [4.69, 9.17) is 0 Å². The molecule has 3 amide bonds. The lowest BCUT2D eigenvalue weighted by Gasteiger charge is -2.33. The maximum Gasteiger partial charge on any atom is 0.238 e. The normalized spacial score (nSPS) is 20.8. The molecule has 1 aromatic heterocycles. The Morgan fingerprint density at radius 2 is 2.10 bits per heavy atom. The molecule has 0 bridgehead atoms. The van der Waals surface area contributed by atoms with Gasteiger partial charge in [-0.15, -0.1) is 11.8 Å². The lowest BCUT2D eigenvalue weighted by molar-refractivity contribution is -0.135. The molecule has 2 N–H and O–H groups in total.